The summed E-state index contributed by atoms with van der Waals surface area (Å²) in [5, 5.41) is 7.45. The third-order valence-electron chi connectivity index (χ3n) is 3.36. The van der Waals surface area contributed by atoms with E-state index in [1.807, 2.05) is 55.8 Å². The first-order valence-corrected chi connectivity index (χ1v) is 7.59. The van der Waals surface area contributed by atoms with Crippen LogP contribution in [0.3, 0.4) is 0 Å². The normalized spacial score (nSPS) is 10.5. The Kier molecular flexibility index (Phi) is 4.88. The topological polar surface area (TPSA) is 52.0 Å². The van der Waals surface area contributed by atoms with E-state index in [4.69, 9.17) is 4.74 Å². The molecule has 23 heavy (non-hydrogen) atoms. The first-order valence-electron chi connectivity index (χ1n) is 7.59. The number of anilines is 1. The van der Waals surface area contributed by atoms with E-state index in [1.54, 1.807) is 10.9 Å². The van der Waals surface area contributed by atoms with Crippen molar-refractivity contribution in [3.05, 3.63) is 61.1 Å². The smallest absolute Gasteiger partial charge is 0.125 e. The fourth-order valence-corrected chi connectivity index (χ4v) is 2.22. The highest BCUT2D eigenvalue weighted by Gasteiger charge is 2.02. The van der Waals surface area contributed by atoms with E-state index in [0.717, 1.165) is 35.7 Å². The van der Waals surface area contributed by atoms with Gasteiger partial charge in [0.1, 0.15) is 11.6 Å². The van der Waals surface area contributed by atoms with Crippen molar-refractivity contribution in [1.82, 2.24) is 14.8 Å². The van der Waals surface area contributed by atoms with Crippen LogP contribution < -0.4 is 10.1 Å². The third kappa shape index (κ3) is 4.32. The minimum absolute atomic E-state index is 0.643. The lowest BCUT2D eigenvalue weighted by Gasteiger charge is -2.08. The number of nitrogens with one attached hydrogen (secondary N) is 1. The molecule has 3 rings (SSSR count). The summed E-state index contributed by atoms with van der Waals surface area (Å²) in [5.74, 6) is 1.71. The van der Waals surface area contributed by atoms with Crippen LogP contribution in [0.25, 0.3) is 11.1 Å². The van der Waals surface area contributed by atoms with Crippen molar-refractivity contribution in [3.63, 3.8) is 0 Å². The standard InChI is InChI=1S/C18H19N4O/c1-22-14-16(13-21-22)15-6-4-7-17(12-15)23-11-5-10-20-18-8-2-3-9-19-18/h2-3,6-9,12-14H,5,10-11H2,1H3,(H,19,20). The number of ether oxygens (including phenoxy) is 1. The van der Waals surface area contributed by atoms with Gasteiger partial charge in [0.05, 0.1) is 12.8 Å². The minimum Gasteiger partial charge on any atom is -0.493 e. The Labute approximate surface area is 135 Å². The molecule has 2 heterocycles. The molecule has 2 aromatic heterocycles. The van der Waals surface area contributed by atoms with Crippen LogP contribution in [0.4, 0.5) is 5.82 Å². The SMILES string of the molecule is Cn1cc(-c2c[c]cc(OCCCNc3ccccn3)c2)cn1. The van der Waals surface area contributed by atoms with Gasteiger partial charge in [-0.1, -0.05) is 6.07 Å². The Morgan fingerprint density at radius 2 is 2.22 bits per heavy atom. The second-order valence-corrected chi connectivity index (χ2v) is 5.20. The third-order valence-corrected chi connectivity index (χ3v) is 3.36. The maximum Gasteiger partial charge on any atom is 0.125 e. The fourth-order valence-electron chi connectivity index (χ4n) is 2.22. The largest absolute Gasteiger partial charge is 0.493 e. The Morgan fingerprint density at radius 3 is 3.00 bits per heavy atom. The van der Waals surface area contributed by atoms with Crippen molar-refractivity contribution in [3.8, 4) is 16.9 Å². The van der Waals surface area contributed by atoms with Crippen LogP contribution in [0.15, 0.2) is 55.0 Å². The Morgan fingerprint density at radius 1 is 1.26 bits per heavy atom. The van der Waals surface area contributed by atoms with E-state index in [9.17, 15) is 0 Å². The minimum atomic E-state index is 0.643. The number of aromatic nitrogens is 3. The highest BCUT2D eigenvalue weighted by atomic mass is 16.5. The predicted octanol–water partition coefficient (Wildman–Crippen LogP) is 3.16. The molecule has 0 spiro atoms. The first-order chi connectivity index (χ1) is 11.3. The van der Waals surface area contributed by atoms with Gasteiger partial charge in [-0.25, -0.2) is 4.98 Å². The molecule has 0 amide bonds. The monoisotopic (exact) mass is 307 g/mol. The van der Waals surface area contributed by atoms with E-state index >= 15 is 0 Å². The van der Waals surface area contributed by atoms with Gasteiger partial charge in [-0.05, 0) is 48.4 Å². The van der Waals surface area contributed by atoms with Crippen molar-refractivity contribution < 1.29 is 4.74 Å². The quantitative estimate of drug-likeness (QED) is 0.681. The molecule has 0 aliphatic heterocycles. The molecule has 0 saturated carbocycles. The molecule has 1 radical (unpaired) electrons. The number of hydrogen-bond donors (Lipinski definition) is 1. The number of hydrogen-bond acceptors (Lipinski definition) is 4. The molecule has 0 bridgehead atoms. The van der Waals surface area contributed by atoms with Gasteiger partial charge in [-0.15, -0.1) is 0 Å². The highest BCUT2D eigenvalue weighted by molar-refractivity contribution is 5.63. The van der Waals surface area contributed by atoms with Gasteiger partial charge in [0.25, 0.3) is 0 Å². The van der Waals surface area contributed by atoms with E-state index in [2.05, 4.69) is 21.5 Å². The van der Waals surface area contributed by atoms with E-state index in [0.29, 0.717) is 6.61 Å². The lowest BCUT2D eigenvalue weighted by molar-refractivity contribution is 0.315. The Bertz CT molecular complexity index is 740. The van der Waals surface area contributed by atoms with Crippen LogP contribution >= 0.6 is 0 Å². The summed E-state index contributed by atoms with van der Waals surface area (Å²) < 4.78 is 7.58. The lowest BCUT2D eigenvalue weighted by Crippen LogP contribution is -2.08. The number of rotatable bonds is 7. The summed E-state index contributed by atoms with van der Waals surface area (Å²) in [4.78, 5) is 4.22. The molecule has 0 fully saturated rings. The van der Waals surface area contributed by atoms with Gasteiger partial charge < -0.3 is 10.1 Å². The van der Waals surface area contributed by atoms with Crippen LogP contribution in [-0.2, 0) is 7.05 Å². The van der Waals surface area contributed by atoms with Gasteiger partial charge in [-0.3, -0.25) is 4.68 Å². The maximum absolute atomic E-state index is 5.79. The summed E-state index contributed by atoms with van der Waals surface area (Å²) >= 11 is 0. The van der Waals surface area contributed by atoms with E-state index in [1.165, 1.54) is 0 Å². The van der Waals surface area contributed by atoms with Crippen molar-refractivity contribution in [2.75, 3.05) is 18.5 Å². The van der Waals surface area contributed by atoms with Crippen molar-refractivity contribution in [2.24, 2.45) is 7.05 Å². The van der Waals surface area contributed by atoms with Gasteiger partial charge in [0.15, 0.2) is 0 Å². The number of pyridine rings is 1. The number of nitrogens with zero attached hydrogens (tertiary/aromatic N) is 3. The second-order valence-electron chi connectivity index (χ2n) is 5.20. The molecular formula is C18H19N4O. The second kappa shape index (κ2) is 7.45. The summed E-state index contributed by atoms with van der Waals surface area (Å²) in [5.41, 5.74) is 2.12. The van der Waals surface area contributed by atoms with Crippen LogP contribution in [0.2, 0.25) is 0 Å². The predicted molar refractivity (Wildman–Crippen MR) is 90.3 cm³/mol. The average Bonchev–Trinajstić information content (AvgIpc) is 3.02. The van der Waals surface area contributed by atoms with E-state index in [-0.39, 0.29) is 0 Å². The van der Waals surface area contributed by atoms with Crippen LogP contribution in [0.5, 0.6) is 5.75 Å². The van der Waals surface area contributed by atoms with Crippen LogP contribution in [-0.4, -0.2) is 27.9 Å². The zero-order chi connectivity index (χ0) is 15.9. The molecule has 0 saturated heterocycles. The summed E-state index contributed by atoms with van der Waals surface area (Å²) in [6.45, 7) is 1.47. The van der Waals surface area contributed by atoms with Crippen molar-refractivity contribution in [1.29, 1.82) is 0 Å². The summed E-state index contributed by atoms with van der Waals surface area (Å²) in [6, 6.07) is 14.7. The molecular weight excluding hydrogens is 288 g/mol. The molecule has 1 N–H and O–H groups in total. The van der Waals surface area contributed by atoms with Gasteiger partial charge in [-0.2, -0.15) is 5.10 Å². The molecule has 0 aliphatic rings. The summed E-state index contributed by atoms with van der Waals surface area (Å²) in [6.07, 6.45) is 6.49. The number of aryl methyl sites for hydroxylation is 1. The van der Waals surface area contributed by atoms with Crippen molar-refractivity contribution in [2.45, 2.75) is 6.42 Å². The fraction of sp³-hybridized carbons (Fsp3) is 0.222. The Balaban J connectivity index is 1.47. The molecule has 117 valence electrons. The average molecular weight is 307 g/mol. The van der Waals surface area contributed by atoms with Crippen molar-refractivity contribution >= 4 is 5.82 Å². The number of benzene rings is 1. The molecule has 0 unspecified atom stereocenters. The van der Waals surface area contributed by atoms with E-state index < -0.39 is 0 Å². The van der Waals surface area contributed by atoms with Crippen LogP contribution in [0.1, 0.15) is 6.42 Å². The first kappa shape index (κ1) is 15.1. The lowest BCUT2D eigenvalue weighted by atomic mass is 10.1. The molecule has 0 aliphatic carbocycles. The molecule has 3 aromatic rings. The molecule has 0 atom stereocenters. The molecule has 1 aromatic carbocycles. The maximum atomic E-state index is 5.79. The highest BCUT2D eigenvalue weighted by Crippen LogP contribution is 2.23. The Hall–Kier alpha value is -2.82. The van der Waals surface area contributed by atoms with Crippen LogP contribution in [0, 0.1) is 6.07 Å². The zero-order valence-corrected chi connectivity index (χ0v) is 13.1. The molecule has 5 heteroatoms. The van der Waals surface area contributed by atoms with Gasteiger partial charge in [0.2, 0.25) is 0 Å². The van der Waals surface area contributed by atoms with Gasteiger partial charge >= 0.3 is 0 Å². The van der Waals surface area contributed by atoms with Gasteiger partial charge in [0, 0.05) is 31.5 Å². The molecule has 5 nitrogen and oxygen atoms in total. The summed E-state index contributed by atoms with van der Waals surface area (Å²) in [7, 11) is 1.90. The zero-order valence-electron chi connectivity index (χ0n) is 13.1.